The summed E-state index contributed by atoms with van der Waals surface area (Å²) in [6, 6.07) is 8.72. The van der Waals surface area contributed by atoms with E-state index in [9.17, 15) is 9.59 Å². The second kappa shape index (κ2) is 7.94. The molecule has 0 radical (unpaired) electrons. The molecule has 3 rings (SSSR count). The number of rotatable bonds is 6. The minimum Gasteiger partial charge on any atom is -0.376 e. The summed E-state index contributed by atoms with van der Waals surface area (Å²) in [5, 5.41) is 9.32. The van der Waals surface area contributed by atoms with Crippen molar-refractivity contribution in [2.24, 2.45) is 0 Å². The molecule has 7 heteroatoms. The molecule has 0 saturated carbocycles. The largest absolute Gasteiger partial charge is 0.376 e. The Balaban J connectivity index is 1.53. The molecule has 1 atom stereocenters. The van der Waals surface area contributed by atoms with E-state index in [1.165, 1.54) is 0 Å². The summed E-state index contributed by atoms with van der Waals surface area (Å²) in [4.78, 5) is 24.2. The number of carbonyl (C=O) groups excluding carboxylic acids is 2. The molecule has 132 valence electrons. The summed E-state index contributed by atoms with van der Waals surface area (Å²) in [5.41, 5.74) is 2.03. The van der Waals surface area contributed by atoms with Crippen LogP contribution in [0.15, 0.2) is 34.9 Å². The third-order valence-corrected chi connectivity index (χ3v) is 4.01. The SMILES string of the molecule is Cc1cc(C(=O)NCc2cccc(C(=O)NCC3CCCO3)c2)on1. The second-order valence-electron chi connectivity index (χ2n) is 6.06. The summed E-state index contributed by atoms with van der Waals surface area (Å²) < 4.78 is 10.4. The Morgan fingerprint density at radius 1 is 1.24 bits per heavy atom. The fourth-order valence-electron chi connectivity index (χ4n) is 2.68. The van der Waals surface area contributed by atoms with Gasteiger partial charge < -0.3 is 19.9 Å². The molecule has 2 aromatic rings. The van der Waals surface area contributed by atoms with E-state index >= 15 is 0 Å². The Labute approximate surface area is 145 Å². The number of aromatic nitrogens is 1. The molecule has 0 bridgehead atoms. The van der Waals surface area contributed by atoms with Crippen LogP contribution >= 0.6 is 0 Å². The molecular weight excluding hydrogens is 322 g/mol. The zero-order chi connectivity index (χ0) is 17.6. The van der Waals surface area contributed by atoms with Gasteiger partial charge in [-0.2, -0.15) is 0 Å². The maximum atomic E-state index is 12.2. The van der Waals surface area contributed by atoms with Gasteiger partial charge in [-0.15, -0.1) is 0 Å². The molecule has 1 aliphatic heterocycles. The number of amides is 2. The molecule has 0 aliphatic carbocycles. The quantitative estimate of drug-likeness (QED) is 0.834. The lowest BCUT2D eigenvalue weighted by Crippen LogP contribution is -2.31. The third-order valence-electron chi connectivity index (χ3n) is 4.01. The molecule has 1 aromatic carbocycles. The molecule has 1 aromatic heterocycles. The predicted octanol–water partition coefficient (Wildman–Crippen LogP) is 1.82. The van der Waals surface area contributed by atoms with Crippen LogP contribution < -0.4 is 10.6 Å². The van der Waals surface area contributed by atoms with Gasteiger partial charge in [0.15, 0.2) is 0 Å². The highest BCUT2D eigenvalue weighted by Crippen LogP contribution is 2.11. The van der Waals surface area contributed by atoms with Crippen LogP contribution in [0.25, 0.3) is 0 Å². The molecule has 2 amide bonds. The average Bonchev–Trinajstić information content (AvgIpc) is 3.29. The normalized spacial score (nSPS) is 16.6. The van der Waals surface area contributed by atoms with Crippen LogP contribution in [0.1, 0.15) is 45.0 Å². The lowest BCUT2D eigenvalue weighted by molar-refractivity contribution is 0.0857. The fraction of sp³-hybridized carbons (Fsp3) is 0.389. The molecule has 2 N–H and O–H groups in total. The molecule has 1 aliphatic rings. The number of carbonyl (C=O) groups is 2. The zero-order valence-corrected chi connectivity index (χ0v) is 14.1. The fourth-order valence-corrected chi connectivity index (χ4v) is 2.68. The first kappa shape index (κ1) is 17.2. The van der Waals surface area contributed by atoms with Gasteiger partial charge in [-0.1, -0.05) is 17.3 Å². The van der Waals surface area contributed by atoms with E-state index in [-0.39, 0.29) is 23.7 Å². The van der Waals surface area contributed by atoms with Gasteiger partial charge >= 0.3 is 0 Å². The molecule has 1 fully saturated rings. The van der Waals surface area contributed by atoms with Crippen molar-refractivity contribution in [2.45, 2.75) is 32.4 Å². The number of hydrogen-bond donors (Lipinski definition) is 2. The van der Waals surface area contributed by atoms with Gasteiger partial charge in [-0.25, -0.2) is 0 Å². The molecule has 0 spiro atoms. The van der Waals surface area contributed by atoms with Gasteiger partial charge in [-0.3, -0.25) is 9.59 Å². The maximum absolute atomic E-state index is 12.2. The van der Waals surface area contributed by atoms with E-state index in [0.717, 1.165) is 25.0 Å². The lowest BCUT2D eigenvalue weighted by Gasteiger charge is -2.11. The molecule has 2 heterocycles. The number of hydrogen-bond acceptors (Lipinski definition) is 5. The number of nitrogens with zero attached hydrogens (tertiary/aromatic N) is 1. The van der Waals surface area contributed by atoms with Crippen molar-refractivity contribution in [3.8, 4) is 0 Å². The highest BCUT2D eigenvalue weighted by atomic mass is 16.5. The Morgan fingerprint density at radius 3 is 2.84 bits per heavy atom. The monoisotopic (exact) mass is 343 g/mol. The Hall–Kier alpha value is -2.67. The summed E-state index contributed by atoms with van der Waals surface area (Å²) in [6.45, 7) is 3.33. The van der Waals surface area contributed by atoms with Crippen LogP contribution in [0, 0.1) is 6.92 Å². The van der Waals surface area contributed by atoms with Gasteiger partial charge in [0.05, 0.1) is 11.8 Å². The Bertz CT molecular complexity index is 750. The van der Waals surface area contributed by atoms with Crippen LogP contribution in [-0.2, 0) is 11.3 Å². The van der Waals surface area contributed by atoms with Gasteiger partial charge in [-0.05, 0) is 37.5 Å². The topological polar surface area (TPSA) is 93.5 Å². The van der Waals surface area contributed by atoms with Crippen molar-refractivity contribution in [1.29, 1.82) is 0 Å². The van der Waals surface area contributed by atoms with E-state index < -0.39 is 0 Å². The molecule has 1 saturated heterocycles. The van der Waals surface area contributed by atoms with Crippen molar-refractivity contribution in [1.82, 2.24) is 15.8 Å². The van der Waals surface area contributed by atoms with Crippen LogP contribution in [-0.4, -0.2) is 36.2 Å². The smallest absolute Gasteiger partial charge is 0.290 e. The van der Waals surface area contributed by atoms with E-state index in [0.29, 0.717) is 24.3 Å². The Morgan fingerprint density at radius 2 is 2.12 bits per heavy atom. The van der Waals surface area contributed by atoms with Crippen molar-refractivity contribution < 1.29 is 18.8 Å². The van der Waals surface area contributed by atoms with Gasteiger partial charge in [0.1, 0.15) is 0 Å². The minimum atomic E-state index is -0.339. The van der Waals surface area contributed by atoms with Crippen LogP contribution in [0.2, 0.25) is 0 Å². The number of nitrogens with one attached hydrogen (secondary N) is 2. The summed E-state index contributed by atoms with van der Waals surface area (Å²) >= 11 is 0. The molecule has 7 nitrogen and oxygen atoms in total. The minimum absolute atomic E-state index is 0.108. The third kappa shape index (κ3) is 4.67. The summed E-state index contributed by atoms with van der Waals surface area (Å²) in [6.07, 6.45) is 2.13. The predicted molar refractivity (Wildman–Crippen MR) is 90.2 cm³/mol. The highest BCUT2D eigenvalue weighted by molar-refractivity contribution is 5.94. The summed E-state index contributed by atoms with van der Waals surface area (Å²) in [7, 11) is 0. The molecular formula is C18H21N3O4. The standard InChI is InChI=1S/C18H21N3O4/c1-12-8-16(25-21-12)18(23)19-10-13-4-2-5-14(9-13)17(22)20-11-15-6-3-7-24-15/h2,4-5,8-9,15H,3,6-7,10-11H2,1H3,(H,19,23)(H,20,22). The second-order valence-corrected chi connectivity index (χ2v) is 6.06. The number of ether oxygens (including phenoxy) is 1. The van der Waals surface area contributed by atoms with Crippen molar-refractivity contribution in [2.75, 3.05) is 13.2 Å². The summed E-state index contributed by atoms with van der Waals surface area (Å²) in [5.74, 6) is -0.314. The van der Waals surface area contributed by atoms with E-state index in [1.54, 1.807) is 31.2 Å². The zero-order valence-electron chi connectivity index (χ0n) is 14.1. The lowest BCUT2D eigenvalue weighted by atomic mass is 10.1. The first-order chi connectivity index (χ1) is 12.1. The number of aryl methyl sites for hydroxylation is 1. The van der Waals surface area contributed by atoms with Gasteiger partial charge in [0.25, 0.3) is 11.8 Å². The van der Waals surface area contributed by atoms with Crippen molar-refractivity contribution in [3.05, 3.63) is 52.9 Å². The van der Waals surface area contributed by atoms with Crippen LogP contribution in [0.3, 0.4) is 0 Å². The first-order valence-electron chi connectivity index (χ1n) is 8.32. The first-order valence-corrected chi connectivity index (χ1v) is 8.32. The van der Waals surface area contributed by atoms with Gasteiger partial charge in [0, 0.05) is 31.3 Å². The number of benzene rings is 1. The van der Waals surface area contributed by atoms with E-state index in [2.05, 4.69) is 15.8 Å². The maximum Gasteiger partial charge on any atom is 0.290 e. The van der Waals surface area contributed by atoms with E-state index in [1.807, 2.05) is 6.07 Å². The van der Waals surface area contributed by atoms with Crippen molar-refractivity contribution >= 4 is 11.8 Å². The van der Waals surface area contributed by atoms with Crippen LogP contribution in [0.4, 0.5) is 0 Å². The molecule has 1 unspecified atom stereocenters. The molecule has 25 heavy (non-hydrogen) atoms. The van der Waals surface area contributed by atoms with Crippen molar-refractivity contribution in [3.63, 3.8) is 0 Å². The van der Waals surface area contributed by atoms with Crippen LogP contribution in [0.5, 0.6) is 0 Å². The Kier molecular flexibility index (Phi) is 5.45. The average molecular weight is 343 g/mol. The van der Waals surface area contributed by atoms with E-state index in [4.69, 9.17) is 9.26 Å². The van der Waals surface area contributed by atoms with Gasteiger partial charge in [0.2, 0.25) is 5.76 Å². The highest BCUT2D eigenvalue weighted by Gasteiger charge is 2.17.